The van der Waals surface area contributed by atoms with Gasteiger partial charge in [-0.2, -0.15) is 0 Å². The Kier molecular flexibility index (Phi) is 6.20. The van der Waals surface area contributed by atoms with Gasteiger partial charge in [0.05, 0.1) is 13.1 Å². The van der Waals surface area contributed by atoms with Crippen LogP contribution in [0.3, 0.4) is 0 Å². The maximum Gasteiger partial charge on any atom is 0.242 e. The van der Waals surface area contributed by atoms with Crippen molar-refractivity contribution in [1.29, 1.82) is 0 Å². The lowest BCUT2D eigenvalue weighted by molar-refractivity contribution is -0.143. The van der Waals surface area contributed by atoms with E-state index in [-0.39, 0.29) is 18.4 Å². The number of ether oxygens (including phenoxy) is 2. The maximum absolute atomic E-state index is 12.2. The second kappa shape index (κ2) is 8.15. The predicted molar refractivity (Wildman–Crippen MR) is 90.9 cm³/mol. The molecule has 2 rings (SSSR count). The Morgan fingerprint density at radius 3 is 2.62 bits per heavy atom. The molecule has 0 bridgehead atoms. The van der Waals surface area contributed by atoms with Gasteiger partial charge in [0.2, 0.25) is 11.8 Å². The zero-order valence-electron chi connectivity index (χ0n) is 14.6. The average Bonchev–Trinajstić information content (AvgIpc) is 2.59. The van der Waals surface area contributed by atoms with Gasteiger partial charge >= 0.3 is 0 Å². The number of carbonyl (C=O) groups excluding carboxylic acids is 2. The standard InChI is InChI=1S/C18H26N2O4/c1-14-5-7-16(8-6-14)24-13-18(23-3)9-4-10-20(12-18)17(22)11-19-15(2)21/h5-8H,4,9-13H2,1-3H3,(H,19,21)/t18-/m1/s1. The summed E-state index contributed by atoms with van der Waals surface area (Å²) < 4.78 is 11.6. The number of nitrogens with one attached hydrogen (secondary N) is 1. The minimum atomic E-state index is -0.519. The van der Waals surface area contributed by atoms with Crippen molar-refractivity contribution in [2.75, 3.05) is 33.4 Å². The van der Waals surface area contributed by atoms with E-state index < -0.39 is 5.60 Å². The van der Waals surface area contributed by atoms with Crippen LogP contribution in [0.1, 0.15) is 25.3 Å². The highest BCUT2D eigenvalue weighted by Gasteiger charge is 2.38. The molecule has 24 heavy (non-hydrogen) atoms. The highest BCUT2D eigenvalue weighted by molar-refractivity contribution is 5.83. The summed E-state index contributed by atoms with van der Waals surface area (Å²) >= 11 is 0. The molecule has 1 saturated heterocycles. The van der Waals surface area contributed by atoms with E-state index in [1.807, 2.05) is 31.2 Å². The third-order valence-electron chi connectivity index (χ3n) is 4.34. The van der Waals surface area contributed by atoms with Crippen LogP contribution in [0.4, 0.5) is 0 Å². The van der Waals surface area contributed by atoms with Crippen molar-refractivity contribution in [2.24, 2.45) is 0 Å². The van der Waals surface area contributed by atoms with Gasteiger partial charge in [0, 0.05) is 20.6 Å². The van der Waals surface area contributed by atoms with Crippen LogP contribution in [0.25, 0.3) is 0 Å². The van der Waals surface area contributed by atoms with E-state index in [0.29, 0.717) is 19.7 Å². The lowest BCUT2D eigenvalue weighted by Gasteiger charge is -2.41. The van der Waals surface area contributed by atoms with E-state index in [2.05, 4.69) is 5.32 Å². The number of carbonyl (C=O) groups is 2. The smallest absolute Gasteiger partial charge is 0.242 e. The number of rotatable bonds is 6. The molecular weight excluding hydrogens is 308 g/mol. The van der Waals surface area contributed by atoms with E-state index >= 15 is 0 Å². The molecule has 6 nitrogen and oxygen atoms in total. The van der Waals surface area contributed by atoms with Crippen LogP contribution in [0, 0.1) is 6.92 Å². The molecule has 1 aromatic rings. The molecule has 1 heterocycles. The number of likely N-dealkylation sites (tertiary alicyclic amines) is 1. The van der Waals surface area contributed by atoms with E-state index in [9.17, 15) is 9.59 Å². The molecule has 1 aliphatic rings. The highest BCUT2D eigenvalue weighted by Crippen LogP contribution is 2.26. The van der Waals surface area contributed by atoms with Crippen LogP contribution in [0.15, 0.2) is 24.3 Å². The number of hydrogen-bond acceptors (Lipinski definition) is 4. The molecule has 0 saturated carbocycles. The van der Waals surface area contributed by atoms with Crippen LogP contribution in [0.2, 0.25) is 0 Å². The van der Waals surface area contributed by atoms with Gasteiger partial charge < -0.3 is 19.7 Å². The quantitative estimate of drug-likeness (QED) is 0.856. The molecule has 1 atom stereocenters. The van der Waals surface area contributed by atoms with E-state index in [4.69, 9.17) is 9.47 Å². The van der Waals surface area contributed by atoms with Gasteiger partial charge in [-0.15, -0.1) is 0 Å². The summed E-state index contributed by atoms with van der Waals surface area (Å²) in [4.78, 5) is 24.9. The Morgan fingerprint density at radius 2 is 2.00 bits per heavy atom. The van der Waals surface area contributed by atoms with Gasteiger partial charge in [0.1, 0.15) is 18.0 Å². The number of piperidine rings is 1. The van der Waals surface area contributed by atoms with Crippen molar-refractivity contribution < 1.29 is 19.1 Å². The Labute approximate surface area is 143 Å². The SMILES string of the molecule is CO[C@]1(COc2ccc(C)cc2)CCCN(C(=O)CNC(C)=O)C1. The average molecular weight is 334 g/mol. The van der Waals surface area contributed by atoms with Gasteiger partial charge in [0.15, 0.2) is 0 Å². The fraction of sp³-hybridized carbons (Fsp3) is 0.556. The molecule has 0 radical (unpaired) electrons. The molecule has 6 heteroatoms. The highest BCUT2D eigenvalue weighted by atomic mass is 16.5. The molecule has 2 amide bonds. The molecule has 0 aliphatic carbocycles. The third-order valence-corrected chi connectivity index (χ3v) is 4.34. The van der Waals surface area contributed by atoms with Gasteiger partial charge in [0.25, 0.3) is 0 Å². The first-order valence-corrected chi connectivity index (χ1v) is 8.21. The topological polar surface area (TPSA) is 67.9 Å². The zero-order valence-corrected chi connectivity index (χ0v) is 14.6. The molecule has 0 aromatic heterocycles. The number of nitrogens with zero attached hydrogens (tertiary/aromatic N) is 1. The molecule has 1 fully saturated rings. The first-order valence-electron chi connectivity index (χ1n) is 8.21. The lowest BCUT2D eigenvalue weighted by atomic mass is 9.93. The summed E-state index contributed by atoms with van der Waals surface area (Å²) in [5.41, 5.74) is 0.658. The minimum Gasteiger partial charge on any atom is -0.491 e. The van der Waals surface area contributed by atoms with Crippen molar-refractivity contribution in [2.45, 2.75) is 32.3 Å². The minimum absolute atomic E-state index is 0.0218. The van der Waals surface area contributed by atoms with Crippen LogP contribution >= 0.6 is 0 Å². The summed E-state index contributed by atoms with van der Waals surface area (Å²) in [6.45, 7) is 4.98. The first kappa shape index (κ1) is 18.3. The molecule has 0 spiro atoms. The summed E-state index contributed by atoms with van der Waals surface area (Å²) in [5, 5.41) is 2.55. The fourth-order valence-corrected chi connectivity index (χ4v) is 2.82. The van der Waals surface area contributed by atoms with Crippen LogP contribution in [-0.4, -0.2) is 55.7 Å². The summed E-state index contributed by atoms with van der Waals surface area (Å²) in [7, 11) is 1.65. The number of benzene rings is 1. The van der Waals surface area contributed by atoms with Crippen LogP contribution in [0.5, 0.6) is 5.75 Å². The van der Waals surface area contributed by atoms with E-state index in [1.54, 1.807) is 12.0 Å². The second-order valence-corrected chi connectivity index (χ2v) is 6.32. The normalized spacial score (nSPS) is 20.5. The number of amides is 2. The third kappa shape index (κ3) is 4.96. The lowest BCUT2D eigenvalue weighted by Crippen LogP contribution is -2.55. The van der Waals surface area contributed by atoms with E-state index in [0.717, 1.165) is 18.6 Å². The monoisotopic (exact) mass is 334 g/mol. The summed E-state index contributed by atoms with van der Waals surface area (Å²) in [5.74, 6) is 0.487. The van der Waals surface area contributed by atoms with Gasteiger partial charge in [-0.3, -0.25) is 9.59 Å². The molecule has 132 valence electrons. The zero-order chi connectivity index (χ0) is 17.6. The molecule has 0 unspecified atom stereocenters. The predicted octanol–water partition coefficient (Wildman–Crippen LogP) is 1.52. The van der Waals surface area contributed by atoms with Crippen LogP contribution in [-0.2, 0) is 14.3 Å². The van der Waals surface area contributed by atoms with Crippen LogP contribution < -0.4 is 10.1 Å². The van der Waals surface area contributed by atoms with Crippen molar-refractivity contribution in [3.05, 3.63) is 29.8 Å². The van der Waals surface area contributed by atoms with Gasteiger partial charge in [-0.05, 0) is 31.9 Å². The number of aryl methyl sites for hydroxylation is 1. The van der Waals surface area contributed by atoms with Gasteiger partial charge in [-0.1, -0.05) is 17.7 Å². The maximum atomic E-state index is 12.2. The second-order valence-electron chi connectivity index (χ2n) is 6.32. The summed E-state index contributed by atoms with van der Waals surface area (Å²) in [6.07, 6.45) is 1.68. The Bertz CT molecular complexity index is 573. The molecule has 1 N–H and O–H groups in total. The molecule has 1 aromatic carbocycles. The Morgan fingerprint density at radius 1 is 1.29 bits per heavy atom. The van der Waals surface area contributed by atoms with Crippen molar-refractivity contribution in [3.63, 3.8) is 0 Å². The summed E-state index contributed by atoms with van der Waals surface area (Å²) in [6, 6.07) is 7.86. The van der Waals surface area contributed by atoms with Crippen molar-refractivity contribution in [1.82, 2.24) is 10.2 Å². The largest absolute Gasteiger partial charge is 0.491 e. The fourth-order valence-electron chi connectivity index (χ4n) is 2.82. The van der Waals surface area contributed by atoms with Gasteiger partial charge in [-0.25, -0.2) is 0 Å². The van der Waals surface area contributed by atoms with E-state index in [1.165, 1.54) is 12.5 Å². The van der Waals surface area contributed by atoms with Crippen molar-refractivity contribution in [3.8, 4) is 5.75 Å². The Balaban J connectivity index is 1.95. The van der Waals surface area contributed by atoms with Crippen molar-refractivity contribution >= 4 is 11.8 Å². The number of hydrogen-bond donors (Lipinski definition) is 1. The first-order chi connectivity index (χ1) is 11.4. The molecule has 1 aliphatic heterocycles. The number of methoxy groups -OCH3 is 1. The Hall–Kier alpha value is -2.08. The molecular formula is C18H26N2O4.